The number of H-pyrrole nitrogens is 1. The van der Waals surface area contributed by atoms with Crippen molar-refractivity contribution in [2.24, 2.45) is 9.98 Å². The molecule has 1 atom stereocenters. The van der Waals surface area contributed by atoms with Crippen LogP contribution in [0.25, 0.3) is 11.3 Å². The van der Waals surface area contributed by atoms with Crippen LogP contribution in [-0.4, -0.2) is 49.8 Å². The molecular weight excluding hydrogens is 392 g/mol. The fraction of sp³-hybridized carbons (Fsp3) is 0.300. The Morgan fingerprint density at radius 1 is 1.10 bits per heavy atom. The molecule has 3 rings (SSSR count). The second kappa shape index (κ2) is 10.1. The Kier molecular flexibility index (Phi) is 7.56. The number of benzene rings is 1. The maximum atomic E-state index is 10.4. The van der Waals surface area contributed by atoms with E-state index in [2.05, 4.69) is 15.0 Å². The SMILES string of the molecule is CC1(CCC(=O)O)N=CC([N+](=O)[O-])=N1.O=C(O)CCc1ccc(-c2ccccc2)[nH]1. The quantitative estimate of drug-likeness (QED) is 0.466. The van der Waals surface area contributed by atoms with E-state index in [1.807, 2.05) is 42.5 Å². The minimum Gasteiger partial charge on any atom is -0.481 e. The Hall–Kier alpha value is -3.82. The molecule has 10 nitrogen and oxygen atoms in total. The maximum absolute atomic E-state index is 10.4. The fourth-order valence-electron chi connectivity index (χ4n) is 2.67. The van der Waals surface area contributed by atoms with Gasteiger partial charge in [-0.25, -0.2) is 4.99 Å². The van der Waals surface area contributed by atoms with E-state index in [0.717, 1.165) is 23.2 Å². The van der Waals surface area contributed by atoms with Gasteiger partial charge in [-0.15, -0.1) is 0 Å². The summed E-state index contributed by atoms with van der Waals surface area (Å²) in [5, 5.41) is 27.3. The van der Waals surface area contributed by atoms with Crippen molar-refractivity contribution in [2.75, 3.05) is 0 Å². The molecule has 0 saturated carbocycles. The first kappa shape index (κ1) is 22.5. The summed E-state index contributed by atoms with van der Waals surface area (Å²) >= 11 is 0. The third-order valence-corrected chi connectivity index (χ3v) is 4.25. The second-order valence-corrected chi connectivity index (χ2v) is 6.75. The molecule has 158 valence electrons. The number of aromatic amines is 1. The van der Waals surface area contributed by atoms with Gasteiger partial charge < -0.3 is 25.3 Å². The predicted molar refractivity (Wildman–Crippen MR) is 110 cm³/mol. The Morgan fingerprint density at radius 3 is 2.33 bits per heavy atom. The summed E-state index contributed by atoms with van der Waals surface area (Å²) in [4.78, 5) is 41.1. The lowest BCUT2D eigenvalue weighted by atomic mass is 10.1. The van der Waals surface area contributed by atoms with Gasteiger partial charge >= 0.3 is 17.8 Å². The number of nitrogens with one attached hydrogen (secondary N) is 1. The van der Waals surface area contributed by atoms with Crippen molar-refractivity contribution in [1.29, 1.82) is 0 Å². The second-order valence-electron chi connectivity index (χ2n) is 6.75. The normalized spacial score (nSPS) is 17.0. The molecule has 30 heavy (non-hydrogen) atoms. The molecule has 0 fully saturated rings. The summed E-state index contributed by atoms with van der Waals surface area (Å²) in [6.45, 7) is 1.56. The topological polar surface area (TPSA) is 158 Å². The first-order valence-corrected chi connectivity index (χ1v) is 9.15. The van der Waals surface area contributed by atoms with E-state index < -0.39 is 22.5 Å². The molecule has 2 aromatic rings. The Bertz CT molecular complexity index is 967. The van der Waals surface area contributed by atoms with Crippen molar-refractivity contribution < 1.29 is 24.7 Å². The van der Waals surface area contributed by atoms with Gasteiger partial charge in [0.2, 0.25) is 5.66 Å². The van der Waals surface area contributed by atoms with E-state index in [0.29, 0.717) is 6.42 Å². The molecule has 10 heteroatoms. The molecule has 0 saturated heterocycles. The van der Waals surface area contributed by atoms with Crippen LogP contribution < -0.4 is 0 Å². The van der Waals surface area contributed by atoms with E-state index in [4.69, 9.17) is 10.2 Å². The predicted octanol–water partition coefficient (Wildman–Crippen LogP) is 3.03. The standard InChI is InChI=1S/C13H13NO2.C7H9N3O4/c15-13(16)9-7-11-6-8-12(14-11)10-4-2-1-3-5-10;1-7(3-2-6(11)12)8-4-5(9-7)10(13)14/h1-6,8,14H,7,9H2,(H,15,16);4H,2-3H2,1H3,(H,11,12). The number of carbonyl (C=O) groups is 2. The third-order valence-electron chi connectivity index (χ3n) is 4.25. The number of nitro groups is 1. The van der Waals surface area contributed by atoms with E-state index >= 15 is 0 Å². The number of hydrogen-bond acceptors (Lipinski definition) is 6. The highest BCUT2D eigenvalue weighted by Crippen LogP contribution is 2.22. The summed E-state index contributed by atoms with van der Waals surface area (Å²) in [5.74, 6) is -2.06. The average Bonchev–Trinajstić information content (AvgIpc) is 3.34. The lowest BCUT2D eigenvalue weighted by molar-refractivity contribution is -0.345. The van der Waals surface area contributed by atoms with Crippen LogP contribution >= 0.6 is 0 Å². The molecule has 1 unspecified atom stereocenters. The largest absolute Gasteiger partial charge is 0.481 e. The van der Waals surface area contributed by atoms with E-state index in [-0.39, 0.29) is 25.1 Å². The van der Waals surface area contributed by atoms with Gasteiger partial charge in [0.15, 0.2) is 0 Å². The van der Waals surface area contributed by atoms with Crippen molar-refractivity contribution >= 4 is 24.0 Å². The zero-order valence-corrected chi connectivity index (χ0v) is 16.3. The van der Waals surface area contributed by atoms with Crippen molar-refractivity contribution in [2.45, 2.75) is 38.3 Å². The van der Waals surface area contributed by atoms with Crippen molar-refractivity contribution in [3.05, 3.63) is 58.3 Å². The molecule has 1 aliphatic heterocycles. The first-order valence-electron chi connectivity index (χ1n) is 9.15. The number of carboxylic acid groups (broad SMARTS) is 2. The lowest BCUT2D eigenvalue weighted by Crippen LogP contribution is -2.19. The first-order chi connectivity index (χ1) is 14.2. The summed E-state index contributed by atoms with van der Waals surface area (Å²) in [6.07, 6.45) is 1.82. The van der Waals surface area contributed by atoms with E-state index in [9.17, 15) is 19.7 Å². The van der Waals surface area contributed by atoms with Gasteiger partial charge in [0, 0.05) is 24.7 Å². The molecule has 1 aliphatic rings. The molecule has 0 aliphatic carbocycles. The molecule has 0 radical (unpaired) electrons. The number of aromatic nitrogens is 1. The number of rotatable bonds is 7. The van der Waals surface area contributed by atoms with Gasteiger partial charge in [-0.3, -0.25) is 9.59 Å². The zero-order valence-electron chi connectivity index (χ0n) is 16.3. The number of aliphatic imine (C=N–C) groups is 2. The number of aryl methyl sites for hydroxylation is 1. The van der Waals surface area contributed by atoms with Crippen LogP contribution in [-0.2, 0) is 16.0 Å². The van der Waals surface area contributed by atoms with Gasteiger partial charge in [-0.2, -0.15) is 0 Å². The smallest absolute Gasteiger partial charge is 0.378 e. The van der Waals surface area contributed by atoms with Gasteiger partial charge in [0.05, 0.1) is 12.8 Å². The van der Waals surface area contributed by atoms with Crippen LogP contribution in [0.2, 0.25) is 0 Å². The van der Waals surface area contributed by atoms with E-state index in [1.54, 1.807) is 6.92 Å². The lowest BCUT2D eigenvalue weighted by Gasteiger charge is -2.08. The van der Waals surface area contributed by atoms with Crippen LogP contribution in [0.15, 0.2) is 52.4 Å². The van der Waals surface area contributed by atoms with Gasteiger partial charge in [-0.1, -0.05) is 30.3 Å². The molecule has 0 spiro atoms. The van der Waals surface area contributed by atoms with Crippen LogP contribution in [0.4, 0.5) is 0 Å². The fourth-order valence-corrected chi connectivity index (χ4v) is 2.67. The van der Waals surface area contributed by atoms with Crippen molar-refractivity contribution in [3.8, 4) is 11.3 Å². The van der Waals surface area contributed by atoms with E-state index in [1.165, 1.54) is 0 Å². The van der Waals surface area contributed by atoms with Gasteiger partial charge in [-0.05, 0) is 34.0 Å². The third kappa shape index (κ3) is 6.97. The number of aliphatic carboxylic acids is 2. The number of hydrogen-bond donors (Lipinski definition) is 3. The highest BCUT2D eigenvalue weighted by atomic mass is 16.6. The van der Waals surface area contributed by atoms with Crippen LogP contribution in [0.5, 0.6) is 0 Å². The maximum Gasteiger partial charge on any atom is 0.378 e. The summed E-state index contributed by atoms with van der Waals surface area (Å²) in [5.41, 5.74) is 2.12. The molecule has 3 N–H and O–H groups in total. The number of nitrogens with zero attached hydrogens (tertiary/aromatic N) is 3. The zero-order chi connectivity index (χ0) is 22.1. The molecule has 0 amide bonds. The van der Waals surface area contributed by atoms with Crippen molar-refractivity contribution in [1.82, 2.24) is 4.98 Å². The molecule has 2 heterocycles. The van der Waals surface area contributed by atoms with Crippen LogP contribution in [0, 0.1) is 10.1 Å². The Balaban J connectivity index is 0.000000216. The minimum absolute atomic E-state index is 0.109. The summed E-state index contributed by atoms with van der Waals surface area (Å²) < 4.78 is 0. The molecular formula is C20H22N4O6. The minimum atomic E-state index is -0.985. The molecule has 0 bridgehead atoms. The summed E-state index contributed by atoms with van der Waals surface area (Å²) in [7, 11) is 0. The van der Waals surface area contributed by atoms with Crippen LogP contribution in [0.3, 0.4) is 0 Å². The highest BCUT2D eigenvalue weighted by Gasteiger charge is 2.36. The molecule has 1 aromatic heterocycles. The number of amidine groups is 1. The summed E-state index contributed by atoms with van der Waals surface area (Å²) in [6, 6.07) is 13.9. The number of carboxylic acids is 2. The van der Waals surface area contributed by atoms with Gasteiger partial charge in [0.1, 0.15) is 6.21 Å². The Morgan fingerprint density at radius 2 is 1.77 bits per heavy atom. The highest BCUT2D eigenvalue weighted by molar-refractivity contribution is 6.26. The van der Waals surface area contributed by atoms with Crippen molar-refractivity contribution in [3.63, 3.8) is 0 Å². The Labute approximate surface area is 172 Å². The van der Waals surface area contributed by atoms with Gasteiger partial charge in [0.25, 0.3) is 0 Å². The van der Waals surface area contributed by atoms with Crippen LogP contribution in [0.1, 0.15) is 31.9 Å². The molecule has 1 aromatic carbocycles. The monoisotopic (exact) mass is 414 g/mol. The average molecular weight is 414 g/mol.